The molecule has 0 aliphatic carbocycles. The van der Waals surface area contributed by atoms with Crippen LogP contribution in [0.15, 0.2) is 53.2 Å². The molecule has 3 heterocycles. The Labute approximate surface area is 143 Å². The van der Waals surface area contributed by atoms with E-state index in [-0.39, 0.29) is 0 Å². The van der Waals surface area contributed by atoms with Gasteiger partial charge in [-0.1, -0.05) is 35.0 Å². The van der Waals surface area contributed by atoms with Crippen LogP contribution in [0.5, 0.6) is 0 Å². The highest BCUT2D eigenvalue weighted by molar-refractivity contribution is 6.30. The molecule has 0 saturated heterocycles. The van der Waals surface area contributed by atoms with Crippen LogP contribution in [0.4, 0.5) is 6.01 Å². The zero-order chi connectivity index (χ0) is 16.5. The average molecular weight is 340 g/mol. The summed E-state index contributed by atoms with van der Waals surface area (Å²) in [4.78, 5) is 8.88. The predicted octanol–water partition coefficient (Wildman–Crippen LogP) is 3.96. The van der Waals surface area contributed by atoms with Gasteiger partial charge >= 0.3 is 6.01 Å². The standard InChI is InChI=1S/C17H14ClN5O/c1-11-4-2-7-15-20-14(10-23(11)15)9-19-17-21-16(22-24-17)12-5-3-6-13(18)8-12/h2-8,10H,9H2,1H3,(H,19,21,22). The van der Waals surface area contributed by atoms with Crippen LogP contribution in [0.3, 0.4) is 0 Å². The summed E-state index contributed by atoms with van der Waals surface area (Å²) in [7, 11) is 0. The fourth-order valence-corrected chi connectivity index (χ4v) is 2.68. The number of nitrogens with zero attached hydrogens (tertiary/aromatic N) is 4. The minimum atomic E-state index is 0.346. The lowest BCUT2D eigenvalue weighted by Crippen LogP contribution is -1.99. The minimum Gasteiger partial charge on any atom is -0.332 e. The lowest BCUT2D eigenvalue weighted by atomic mass is 10.2. The maximum atomic E-state index is 5.98. The molecule has 120 valence electrons. The number of rotatable bonds is 4. The van der Waals surface area contributed by atoms with Crippen molar-refractivity contribution in [2.75, 3.05) is 5.32 Å². The lowest BCUT2D eigenvalue weighted by Gasteiger charge is -1.96. The number of fused-ring (bicyclic) bond motifs is 1. The van der Waals surface area contributed by atoms with E-state index in [1.807, 2.05) is 47.9 Å². The number of aryl methyl sites for hydroxylation is 1. The van der Waals surface area contributed by atoms with Crippen molar-refractivity contribution in [2.45, 2.75) is 13.5 Å². The summed E-state index contributed by atoms with van der Waals surface area (Å²) in [6.45, 7) is 2.54. The number of pyridine rings is 1. The first kappa shape index (κ1) is 14.7. The Morgan fingerprint density at radius 2 is 2.04 bits per heavy atom. The van der Waals surface area contributed by atoms with Gasteiger partial charge in [-0.05, 0) is 31.2 Å². The van der Waals surface area contributed by atoms with Crippen LogP contribution < -0.4 is 5.32 Å². The predicted molar refractivity (Wildman–Crippen MR) is 92.0 cm³/mol. The molecule has 6 nitrogen and oxygen atoms in total. The fraction of sp³-hybridized carbons (Fsp3) is 0.118. The van der Waals surface area contributed by atoms with E-state index in [9.17, 15) is 0 Å². The smallest absolute Gasteiger partial charge is 0.322 e. The van der Waals surface area contributed by atoms with Gasteiger partial charge in [0.1, 0.15) is 5.65 Å². The van der Waals surface area contributed by atoms with Crippen molar-refractivity contribution in [3.05, 3.63) is 65.1 Å². The second-order valence-electron chi connectivity index (χ2n) is 5.41. The summed E-state index contributed by atoms with van der Waals surface area (Å²) < 4.78 is 7.27. The molecule has 0 atom stereocenters. The first-order chi connectivity index (χ1) is 11.7. The number of nitrogens with one attached hydrogen (secondary N) is 1. The molecule has 0 saturated carbocycles. The molecule has 0 spiro atoms. The molecule has 0 fully saturated rings. The van der Waals surface area contributed by atoms with Gasteiger partial charge in [-0.25, -0.2) is 4.98 Å². The highest BCUT2D eigenvalue weighted by Gasteiger charge is 2.10. The van der Waals surface area contributed by atoms with Crippen LogP contribution in [0.1, 0.15) is 11.4 Å². The summed E-state index contributed by atoms with van der Waals surface area (Å²) in [5.74, 6) is 0.492. The molecule has 4 aromatic rings. The molecule has 3 aromatic heterocycles. The summed E-state index contributed by atoms with van der Waals surface area (Å²) in [6.07, 6.45) is 1.99. The zero-order valence-electron chi connectivity index (χ0n) is 12.9. The third kappa shape index (κ3) is 2.83. The second-order valence-corrected chi connectivity index (χ2v) is 5.85. The number of benzene rings is 1. The van der Waals surface area contributed by atoms with Gasteiger partial charge in [0, 0.05) is 22.5 Å². The van der Waals surface area contributed by atoms with Gasteiger partial charge < -0.3 is 14.2 Å². The highest BCUT2D eigenvalue weighted by atomic mass is 35.5. The molecule has 0 aliphatic rings. The quantitative estimate of drug-likeness (QED) is 0.609. The Morgan fingerprint density at radius 3 is 2.88 bits per heavy atom. The molecular formula is C17H14ClN5O. The fourth-order valence-electron chi connectivity index (χ4n) is 2.49. The number of hydrogen-bond donors (Lipinski definition) is 1. The van der Waals surface area contributed by atoms with E-state index < -0.39 is 0 Å². The topological polar surface area (TPSA) is 68.2 Å². The maximum Gasteiger partial charge on any atom is 0.322 e. The summed E-state index contributed by atoms with van der Waals surface area (Å²) in [5, 5.41) is 7.69. The number of halogens is 1. The highest BCUT2D eigenvalue weighted by Crippen LogP contribution is 2.21. The number of imidazole rings is 1. The average Bonchev–Trinajstić information content (AvgIpc) is 3.20. The maximum absolute atomic E-state index is 5.98. The van der Waals surface area contributed by atoms with E-state index in [2.05, 4.69) is 20.4 Å². The van der Waals surface area contributed by atoms with Gasteiger partial charge in [0.2, 0.25) is 5.82 Å². The van der Waals surface area contributed by atoms with Crippen LogP contribution in [0.2, 0.25) is 5.02 Å². The minimum absolute atomic E-state index is 0.346. The molecule has 0 radical (unpaired) electrons. The molecular weight excluding hydrogens is 326 g/mol. The molecule has 0 amide bonds. The van der Waals surface area contributed by atoms with Gasteiger partial charge in [0.15, 0.2) is 0 Å². The number of aromatic nitrogens is 4. The van der Waals surface area contributed by atoms with E-state index in [0.717, 1.165) is 22.6 Å². The van der Waals surface area contributed by atoms with Crippen molar-refractivity contribution < 1.29 is 4.52 Å². The van der Waals surface area contributed by atoms with Crippen molar-refractivity contribution in [3.63, 3.8) is 0 Å². The SMILES string of the molecule is Cc1cccc2nc(CNc3nc(-c4cccc(Cl)c4)no3)cn12. The van der Waals surface area contributed by atoms with Crippen molar-refractivity contribution in [1.82, 2.24) is 19.5 Å². The van der Waals surface area contributed by atoms with Crippen LogP contribution in [0.25, 0.3) is 17.0 Å². The van der Waals surface area contributed by atoms with Gasteiger partial charge in [-0.15, -0.1) is 0 Å². The Balaban J connectivity index is 1.50. The summed E-state index contributed by atoms with van der Waals surface area (Å²) in [6, 6.07) is 13.7. The van der Waals surface area contributed by atoms with Crippen molar-refractivity contribution in [2.24, 2.45) is 0 Å². The van der Waals surface area contributed by atoms with Crippen LogP contribution in [0, 0.1) is 6.92 Å². The van der Waals surface area contributed by atoms with Gasteiger partial charge in [-0.3, -0.25) is 0 Å². The van der Waals surface area contributed by atoms with E-state index >= 15 is 0 Å². The molecule has 0 unspecified atom stereocenters. The molecule has 24 heavy (non-hydrogen) atoms. The largest absolute Gasteiger partial charge is 0.332 e. The summed E-state index contributed by atoms with van der Waals surface area (Å²) >= 11 is 5.98. The Kier molecular flexibility index (Phi) is 3.66. The molecule has 0 aliphatic heterocycles. The van der Waals surface area contributed by atoms with E-state index in [1.165, 1.54) is 0 Å². The molecule has 0 bridgehead atoms. The van der Waals surface area contributed by atoms with Crippen molar-refractivity contribution in [3.8, 4) is 11.4 Å². The van der Waals surface area contributed by atoms with Crippen molar-refractivity contribution >= 4 is 23.3 Å². The number of anilines is 1. The Hall–Kier alpha value is -2.86. The van der Waals surface area contributed by atoms with E-state index in [1.54, 1.807) is 12.1 Å². The molecule has 1 N–H and O–H groups in total. The zero-order valence-corrected chi connectivity index (χ0v) is 13.7. The normalized spacial score (nSPS) is 11.1. The lowest BCUT2D eigenvalue weighted by molar-refractivity contribution is 0.432. The van der Waals surface area contributed by atoms with Gasteiger partial charge in [0.05, 0.1) is 12.2 Å². The molecule has 7 heteroatoms. The molecule has 4 rings (SSSR count). The Bertz CT molecular complexity index is 1010. The molecule has 1 aromatic carbocycles. The third-order valence-electron chi connectivity index (χ3n) is 3.68. The van der Waals surface area contributed by atoms with Gasteiger partial charge in [0.25, 0.3) is 0 Å². The second kappa shape index (κ2) is 5.98. The van der Waals surface area contributed by atoms with E-state index in [4.69, 9.17) is 16.1 Å². The Morgan fingerprint density at radius 1 is 1.17 bits per heavy atom. The first-order valence-corrected chi connectivity index (χ1v) is 7.84. The van der Waals surface area contributed by atoms with E-state index in [0.29, 0.717) is 23.4 Å². The summed E-state index contributed by atoms with van der Waals surface area (Å²) in [5.41, 5.74) is 3.75. The van der Waals surface area contributed by atoms with Gasteiger partial charge in [-0.2, -0.15) is 4.98 Å². The van der Waals surface area contributed by atoms with Crippen LogP contribution >= 0.6 is 11.6 Å². The number of hydrogen-bond acceptors (Lipinski definition) is 5. The van der Waals surface area contributed by atoms with Crippen LogP contribution in [-0.2, 0) is 6.54 Å². The third-order valence-corrected chi connectivity index (χ3v) is 3.91. The van der Waals surface area contributed by atoms with Crippen molar-refractivity contribution in [1.29, 1.82) is 0 Å². The first-order valence-electron chi connectivity index (χ1n) is 7.46. The van der Waals surface area contributed by atoms with Crippen LogP contribution in [-0.4, -0.2) is 19.5 Å². The monoisotopic (exact) mass is 339 g/mol.